The SMILES string of the molecule is CC(C)n1cnnc1SCC(=O)NCC1(N2CCCCC2)CCCCC1. The molecule has 1 aromatic rings. The second-order valence-corrected chi connectivity index (χ2v) is 8.96. The van der Waals surface area contributed by atoms with E-state index in [0.29, 0.717) is 11.8 Å². The fraction of sp³-hybridized carbons (Fsp3) is 0.842. The zero-order valence-corrected chi connectivity index (χ0v) is 17.1. The van der Waals surface area contributed by atoms with Crippen LogP contribution in [0.3, 0.4) is 0 Å². The van der Waals surface area contributed by atoms with Crippen molar-refractivity contribution in [1.29, 1.82) is 0 Å². The van der Waals surface area contributed by atoms with Crippen molar-refractivity contribution in [1.82, 2.24) is 25.0 Å². The highest BCUT2D eigenvalue weighted by Crippen LogP contribution is 2.35. The van der Waals surface area contributed by atoms with Crippen LogP contribution in [0.4, 0.5) is 0 Å². The van der Waals surface area contributed by atoms with Gasteiger partial charge in [0.1, 0.15) is 6.33 Å². The van der Waals surface area contributed by atoms with E-state index < -0.39 is 0 Å². The van der Waals surface area contributed by atoms with Gasteiger partial charge in [0.25, 0.3) is 0 Å². The molecule has 0 bridgehead atoms. The Kier molecular flexibility index (Phi) is 6.98. The molecule has 0 spiro atoms. The number of hydrogen-bond donors (Lipinski definition) is 1. The van der Waals surface area contributed by atoms with Gasteiger partial charge in [-0.05, 0) is 52.6 Å². The molecule has 6 nitrogen and oxygen atoms in total. The predicted octanol–water partition coefficient (Wildman–Crippen LogP) is 3.26. The summed E-state index contributed by atoms with van der Waals surface area (Å²) in [4.78, 5) is 15.2. The van der Waals surface area contributed by atoms with Crippen LogP contribution in [0.15, 0.2) is 11.5 Å². The molecule has 3 rings (SSSR count). The second-order valence-electron chi connectivity index (χ2n) is 8.01. The summed E-state index contributed by atoms with van der Waals surface area (Å²) in [5.74, 6) is 0.511. The lowest BCUT2D eigenvalue weighted by molar-refractivity contribution is -0.119. The van der Waals surface area contributed by atoms with Gasteiger partial charge in [-0.3, -0.25) is 9.69 Å². The third kappa shape index (κ3) is 4.80. The summed E-state index contributed by atoms with van der Waals surface area (Å²) in [6.45, 7) is 7.38. The highest BCUT2D eigenvalue weighted by molar-refractivity contribution is 7.99. The molecule has 0 unspecified atom stereocenters. The molecule has 2 heterocycles. The molecule has 1 saturated heterocycles. The Morgan fingerprint density at radius 1 is 1.19 bits per heavy atom. The number of thioether (sulfide) groups is 1. The van der Waals surface area contributed by atoms with Gasteiger partial charge in [0.15, 0.2) is 5.16 Å². The zero-order valence-electron chi connectivity index (χ0n) is 16.2. The maximum absolute atomic E-state index is 12.5. The molecular formula is C19H33N5OS. The van der Waals surface area contributed by atoms with Gasteiger partial charge >= 0.3 is 0 Å². The summed E-state index contributed by atoms with van der Waals surface area (Å²) in [6, 6.07) is 0.306. The Morgan fingerprint density at radius 2 is 1.88 bits per heavy atom. The van der Waals surface area contributed by atoms with E-state index in [1.165, 1.54) is 76.2 Å². The van der Waals surface area contributed by atoms with E-state index in [-0.39, 0.29) is 11.4 Å². The van der Waals surface area contributed by atoms with Gasteiger partial charge in [0, 0.05) is 18.1 Å². The number of carbonyl (C=O) groups excluding carboxylic acids is 1. The van der Waals surface area contributed by atoms with Crippen molar-refractivity contribution in [2.45, 2.75) is 82.0 Å². The quantitative estimate of drug-likeness (QED) is 0.737. The summed E-state index contributed by atoms with van der Waals surface area (Å²) in [5, 5.41) is 12.2. The van der Waals surface area contributed by atoms with Crippen LogP contribution in [0.5, 0.6) is 0 Å². The van der Waals surface area contributed by atoms with Crippen molar-refractivity contribution in [3.63, 3.8) is 0 Å². The van der Waals surface area contributed by atoms with Crippen LogP contribution in [-0.2, 0) is 4.79 Å². The number of amides is 1. The normalized spacial score (nSPS) is 21.0. The lowest BCUT2D eigenvalue weighted by atomic mass is 9.79. The Balaban J connectivity index is 1.53. The lowest BCUT2D eigenvalue weighted by Gasteiger charge is -2.48. The van der Waals surface area contributed by atoms with E-state index in [0.717, 1.165) is 11.7 Å². The fourth-order valence-corrected chi connectivity index (χ4v) is 5.19. The van der Waals surface area contributed by atoms with Crippen molar-refractivity contribution in [2.75, 3.05) is 25.4 Å². The molecule has 1 amide bonds. The molecule has 146 valence electrons. The van der Waals surface area contributed by atoms with Gasteiger partial charge < -0.3 is 9.88 Å². The van der Waals surface area contributed by atoms with Gasteiger partial charge in [0.05, 0.1) is 5.75 Å². The number of carbonyl (C=O) groups is 1. The molecule has 1 saturated carbocycles. The van der Waals surface area contributed by atoms with Crippen molar-refractivity contribution in [3.8, 4) is 0 Å². The minimum atomic E-state index is 0.107. The number of likely N-dealkylation sites (tertiary alicyclic amines) is 1. The van der Waals surface area contributed by atoms with Crippen LogP contribution in [-0.4, -0.2) is 56.5 Å². The van der Waals surface area contributed by atoms with Crippen molar-refractivity contribution in [3.05, 3.63) is 6.33 Å². The molecular weight excluding hydrogens is 346 g/mol. The Morgan fingerprint density at radius 3 is 2.58 bits per heavy atom. The molecule has 2 fully saturated rings. The Bertz CT molecular complexity index is 576. The smallest absolute Gasteiger partial charge is 0.230 e. The maximum atomic E-state index is 12.5. The summed E-state index contributed by atoms with van der Waals surface area (Å²) < 4.78 is 2.01. The largest absolute Gasteiger partial charge is 0.354 e. The summed E-state index contributed by atoms with van der Waals surface area (Å²) >= 11 is 1.47. The third-order valence-electron chi connectivity index (χ3n) is 5.85. The van der Waals surface area contributed by atoms with Gasteiger partial charge in [-0.25, -0.2) is 0 Å². The molecule has 1 N–H and O–H groups in total. The maximum Gasteiger partial charge on any atom is 0.230 e. The lowest BCUT2D eigenvalue weighted by Crippen LogP contribution is -2.58. The van der Waals surface area contributed by atoms with Crippen molar-refractivity contribution in [2.24, 2.45) is 0 Å². The molecule has 1 aromatic heterocycles. The van der Waals surface area contributed by atoms with Crippen LogP contribution in [0.1, 0.15) is 71.3 Å². The first-order chi connectivity index (χ1) is 12.6. The predicted molar refractivity (Wildman–Crippen MR) is 105 cm³/mol. The molecule has 26 heavy (non-hydrogen) atoms. The highest BCUT2D eigenvalue weighted by atomic mass is 32.2. The molecule has 0 aromatic carbocycles. The van der Waals surface area contributed by atoms with E-state index in [9.17, 15) is 4.79 Å². The standard InChI is InChI=1S/C19H33N5OS/c1-16(2)24-15-21-22-18(24)26-13-17(25)20-14-19(9-5-3-6-10-19)23-11-7-4-8-12-23/h15-16H,3-14H2,1-2H3,(H,20,25). The van der Waals surface area contributed by atoms with Gasteiger partial charge in [-0.2, -0.15) is 0 Å². The number of piperidine rings is 1. The Hall–Kier alpha value is -1.08. The first-order valence-electron chi connectivity index (χ1n) is 10.1. The fourth-order valence-electron chi connectivity index (χ4n) is 4.32. The molecule has 1 aliphatic heterocycles. The minimum absolute atomic E-state index is 0.107. The van der Waals surface area contributed by atoms with Crippen LogP contribution in [0.25, 0.3) is 0 Å². The molecule has 0 radical (unpaired) electrons. The number of rotatable bonds is 7. The average molecular weight is 380 g/mol. The van der Waals surface area contributed by atoms with E-state index in [4.69, 9.17) is 0 Å². The van der Waals surface area contributed by atoms with Gasteiger partial charge in [-0.15, -0.1) is 10.2 Å². The monoisotopic (exact) mass is 379 g/mol. The number of nitrogens with zero attached hydrogens (tertiary/aromatic N) is 4. The van der Waals surface area contributed by atoms with Crippen LogP contribution < -0.4 is 5.32 Å². The van der Waals surface area contributed by atoms with Gasteiger partial charge in [0.2, 0.25) is 5.91 Å². The van der Waals surface area contributed by atoms with Crippen molar-refractivity contribution >= 4 is 17.7 Å². The van der Waals surface area contributed by atoms with E-state index >= 15 is 0 Å². The molecule has 0 atom stereocenters. The van der Waals surface area contributed by atoms with E-state index in [1.807, 2.05) is 4.57 Å². The summed E-state index contributed by atoms with van der Waals surface area (Å²) in [6.07, 6.45) is 12.1. The van der Waals surface area contributed by atoms with Crippen LogP contribution in [0.2, 0.25) is 0 Å². The topological polar surface area (TPSA) is 63.1 Å². The molecule has 2 aliphatic rings. The van der Waals surface area contributed by atoms with Crippen molar-refractivity contribution < 1.29 is 4.79 Å². The number of nitrogens with one attached hydrogen (secondary N) is 1. The highest BCUT2D eigenvalue weighted by Gasteiger charge is 2.38. The molecule has 1 aliphatic carbocycles. The number of hydrogen-bond acceptors (Lipinski definition) is 5. The first kappa shape index (κ1) is 19.7. The zero-order chi connectivity index (χ0) is 18.4. The van der Waals surface area contributed by atoms with E-state index in [1.54, 1.807) is 6.33 Å². The average Bonchev–Trinajstić information content (AvgIpc) is 3.15. The van der Waals surface area contributed by atoms with E-state index in [2.05, 4.69) is 34.3 Å². The van der Waals surface area contributed by atoms with Crippen LogP contribution in [0, 0.1) is 0 Å². The number of aromatic nitrogens is 3. The summed E-state index contributed by atoms with van der Waals surface area (Å²) in [5.41, 5.74) is 0.191. The third-order valence-corrected chi connectivity index (χ3v) is 6.81. The van der Waals surface area contributed by atoms with Gasteiger partial charge in [-0.1, -0.05) is 37.4 Å². The first-order valence-corrected chi connectivity index (χ1v) is 11.1. The second kappa shape index (κ2) is 9.22. The molecule has 7 heteroatoms. The van der Waals surface area contributed by atoms with Crippen LogP contribution >= 0.6 is 11.8 Å². The minimum Gasteiger partial charge on any atom is -0.354 e. The Labute approximate surface area is 161 Å². The summed E-state index contributed by atoms with van der Waals surface area (Å²) in [7, 11) is 0.